The SMILES string of the molecule is CNC(C)C(=O)Nc1ccc2c(n1)NC(C)C(=O)N2. The maximum absolute atomic E-state index is 11.7. The quantitative estimate of drug-likeness (QED) is 0.632. The standard InChI is InChI=1S/C12H17N5O2/c1-6(13-3)11(18)17-9-5-4-8-10(16-9)14-7(2)12(19)15-8/h4-7,13H,1-3H3,(H,15,19)(H2,14,16,17,18). The lowest BCUT2D eigenvalue weighted by Crippen LogP contribution is -2.37. The Balaban J connectivity index is 2.15. The van der Waals surface area contributed by atoms with E-state index in [0.29, 0.717) is 17.3 Å². The first-order valence-corrected chi connectivity index (χ1v) is 6.08. The second-order valence-electron chi connectivity index (χ2n) is 4.45. The normalized spacial score (nSPS) is 18.9. The Hall–Kier alpha value is -2.15. The van der Waals surface area contributed by atoms with Crippen LogP contribution in [-0.2, 0) is 9.59 Å². The number of anilines is 3. The van der Waals surface area contributed by atoms with Gasteiger partial charge >= 0.3 is 0 Å². The molecule has 102 valence electrons. The van der Waals surface area contributed by atoms with Gasteiger partial charge in [0, 0.05) is 0 Å². The predicted molar refractivity (Wildman–Crippen MR) is 73.1 cm³/mol. The van der Waals surface area contributed by atoms with Gasteiger partial charge in [-0.25, -0.2) is 4.98 Å². The first-order chi connectivity index (χ1) is 9.01. The van der Waals surface area contributed by atoms with Gasteiger partial charge in [0.15, 0.2) is 5.82 Å². The molecule has 1 aromatic rings. The monoisotopic (exact) mass is 263 g/mol. The fourth-order valence-electron chi connectivity index (χ4n) is 1.62. The van der Waals surface area contributed by atoms with Gasteiger partial charge in [-0.2, -0.15) is 0 Å². The molecule has 0 radical (unpaired) electrons. The summed E-state index contributed by atoms with van der Waals surface area (Å²) in [6.45, 7) is 3.50. The van der Waals surface area contributed by atoms with Crippen molar-refractivity contribution in [3.8, 4) is 0 Å². The van der Waals surface area contributed by atoms with E-state index in [1.54, 1.807) is 33.0 Å². The van der Waals surface area contributed by atoms with Crippen molar-refractivity contribution in [1.82, 2.24) is 10.3 Å². The predicted octanol–water partition coefficient (Wildman–Crippen LogP) is 0.380. The number of nitrogens with one attached hydrogen (secondary N) is 4. The van der Waals surface area contributed by atoms with Crippen LogP contribution in [0.3, 0.4) is 0 Å². The van der Waals surface area contributed by atoms with Crippen LogP contribution in [0.4, 0.5) is 17.3 Å². The molecule has 1 aliphatic rings. The lowest BCUT2D eigenvalue weighted by atomic mass is 10.2. The summed E-state index contributed by atoms with van der Waals surface area (Å²) in [6, 6.07) is 2.71. The Bertz CT molecular complexity index is 517. The molecule has 0 bridgehead atoms. The number of carbonyl (C=O) groups excluding carboxylic acids is 2. The highest BCUT2D eigenvalue weighted by molar-refractivity contribution is 6.02. The van der Waals surface area contributed by atoms with Gasteiger partial charge < -0.3 is 21.3 Å². The molecule has 1 aromatic heterocycles. The van der Waals surface area contributed by atoms with E-state index in [1.165, 1.54) is 0 Å². The summed E-state index contributed by atoms with van der Waals surface area (Å²) >= 11 is 0. The molecule has 0 saturated heterocycles. The van der Waals surface area contributed by atoms with Gasteiger partial charge in [0.2, 0.25) is 11.8 Å². The van der Waals surface area contributed by atoms with Crippen molar-refractivity contribution in [2.45, 2.75) is 25.9 Å². The van der Waals surface area contributed by atoms with E-state index in [2.05, 4.69) is 26.3 Å². The van der Waals surface area contributed by atoms with E-state index in [4.69, 9.17) is 0 Å². The van der Waals surface area contributed by atoms with Crippen molar-refractivity contribution < 1.29 is 9.59 Å². The van der Waals surface area contributed by atoms with Crippen molar-refractivity contribution in [3.63, 3.8) is 0 Å². The number of amides is 2. The van der Waals surface area contributed by atoms with Gasteiger partial charge in [0.1, 0.15) is 11.9 Å². The molecule has 2 heterocycles. The maximum Gasteiger partial charge on any atom is 0.246 e. The minimum absolute atomic E-state index is 0.102. The number of hydrogen-bond donors (Lipinski definition) is 4. The number of aromatic nitrogens is 1. The Morgan fingerprint density at radius 3 is 2.89 bits per heavy atom. The van der Waals surface area contributed by atoms with E-state index in [0.717, 1.165) is 0 Å². The number of fused-ring (bicyclic) bond motifs is 1. The van der Waals surface area contributed by atoms with Crippen LogP contribution in [0.15, 0.2) is 12.1 Å². The molecule has 2 amide bonds. The van der Waals surface area contributed by atoms with Gasteiger partial charge in [0.25, 0.3) is 0 Å². The number of rotatable bonds is 3. The minimum atomic E-state index is -0.345. The summed E-state index contributed by atoms with van der Waals surface area (Å²) in [7, 11) is 1.71. The summed E-state index contributed by atoms with van der Waals surface area (Å²) in [5.41, 5.74) is 0.614. The van der Waals surface area contributed by atoms with Gasteiger partial charge in [-0.05, 0) is 33.0 Å². The lowest BCUT2D eigenvalue weighted by Gasteiger charge is -2.23. The van der Waals surface area contributed by atoms with Crippen molar-refractivity contribution in [2.75, 3.05) is 23.0 Å². The molecular weight excluding hydrogens is 246 g/mol. The Morgan fingerprint density at radius 2 is 2.21 bits per heavy atom. The van der Waals surface area contributed by atoms with Gasteiger partial charge in [-0.3, -0.25) is 9.59 Å². The van der Waals surface area contributed by atoms with Crippen molar-refractivity contribution in [3.05, 3.63) is 12.1 Å². The zero-order valence-electron chi connectivity index (χ0n) is 11.1. The molecule has 7 heteroatoms. The van der Waals surface area contributed by atoms with E-state index >= 15 is 0 Å². The highest BCUT2D eigenvalue weighted by Gasteiger charge is 2.22. The summed E-state index contributed by atoms with van der Waals surface area (Å²) in [5.74, 6) is 0.737. The minimum Gasteiger partial charge on any atom is -0.357 e. The Kier molecular flexibility index (Phi) is 3.66. The van der Waals surface area contributed by atoms with E-state index in [1.807, 2.05) is 0 Å². The van der Waals surface area contributed by atoms with Crippen molar-refractivity contribution >= 4 is 29.1 Å². The third-order valence-corrected chi connectivity index (χ3v) is 2.98. The first kappa shape index (κ1) is 13.3. The molecule has 2 atom stereocenters. The molecule has 2 rings (SSSR count). The number of likely N-dealkylation sites (N-methyl/N-ethyl adjacent to an activating group) is 1. The number of hydrogen-bond acceptors (Lipinski definition) is 5. The van der Waals surface area contributed by atoms with Gasteiger partial charge in [0.05, 0.1) is 11.7 Å². The summed E-state index contributed by atoms with van der Waals surface area (Å²) < 4.78 is 0. The molecule has 0 saturated carbocycles. The molecule has 7 nitrogen and oxygen atoms in total. The van der Waals surface area contributed by atoms with Gasteiger partial charge in [-0.1, -0.05) is 0 Å². The summed E-state index contributed by atoms with van der Waals surface area (Å²) in [6.07, 6.45) is 0. The number of carbonyl (C=O) groups is 2. The molecule has 19 heavy (non-hydrogen) atoms. The highest BCUT2D eigenvalue weighted by atomic mass is 16.2. The molecule has 0 fully saturated rings. The molecule has 0 aliphatic carbocycles. The fourth-order valence-corrected chi connectivity index (χ4v) is 1.62. The van der Waals surface area contributed by atoms with Crippen LogP contribution in [0.5, 0.6) is 0 Å². The third-order valence-electron chi connectivity index (χ3n) is 2.98. The highest BCUT2D eigenvalue weighted by Crippen LogP contribution is 2.26. The molecule has 0 aromatic carbocycles. The molecule has 0 spiro atoms. The molecular formula is C12H17N5O2. The largest absolute Gasteiger partial charge is 0.357 e. The first-order valence-electron chi connectivity index (χ1n) is 6.08. The van der Waals surface area contributed by atoms with Crippen LogP contribution in [0, 0.1) is 0 Å². The molecule has 2 unspecified atom stereocenters. The summed E-state index contributed by atoms with van der Waals surface area (Å²) in [4.78, 5) is 27.5. The van der Waals surface area contributed by atoms with Crippen LogP contribution in [0.2, 0.25) is 0 Å². The summed E-state index contributed by atoms with van der Waals surface area (Å²) in [5, 5.41) is 11.3. The zero-order chi connectivity index (χ0) is 14.0. The van der Waals surface area contributed by atoms with Crippen molar-refractivity contribution in [1.29, 1.82) is 0 Å². The Morgan fingerprint density at radius 1 is 1.47 bits per heavy atom. The zero-order valence-corrected chi connectivity index (χ0v) is 11.1. The van der Waals surface area contributed by atoms with Crippen molar-refractivity contribution in [2.24, 2.45) is 0 Å². The van der Waals surface area contributed by atoms with E-state index < -0.39 is 0 Å². The van der Waals surface area contributed by atoms with Crippen LogP contribution >= 0.6 is 0 Å². The average Bonchev–Trinajstić information content (AvgIpc) is 2.39. The van der Waals surface area contributed by atoms with E-state index in [-0.39, 0.29) is 23.9 Å². The van der Waals surface area contributed by atoms with Gasteiger partial charge in [-0.15, -0.1) is 0 Å². The topological polar surface area (TPSA) is 95.2 Å². The number of nitrogens with zero attached hydrogens (tertiary/aromatic N) is 1. The van der Waals surface area contributed by atoms with Crippen LogP contribution in [-0.4, -0.2) is 35.9 Å². The van der Waals surface area contributed by atoms with Crippen LogP contribution in [0.25, 0.3) is 0 Å². The molecule has 1 aliphatic heterocycles. The molecule has 4 N–H and O–H groups in total. The Labute approximate surface area is 111 Å². The lowest BCUT2D eigenvalue weighted by molar-refractivity contribution is -0.118. The average molecular weight is 263 g/mol. The smallest absolute Gasteiger partial charge is 0.246 e. The second kappa shape index (κ2) is 5.23. The van der Waals surface area contributed by atoms with E-state index in [9.17, 15) is 9.59 Å². The second-order valence-corrected chi connectivity index (χ2v) is 4.45. The number of pyridine rings is 1. The fraction of sp³-hybridized carbons (Fsp3) is 0.417. The maximum atomic E-state index is 11.7. The third kappa shape index (κ3) is 2.82. The van der Waals surface area contributed by atoms with Crippen LogP contribution < -0.4 is 21.3 Å². The van der Waals surface area contributed by atoms with Crippen LogP contribution in [0.1, 0.15) is 13.8 Å².